The van der Waals surface area contributed by atoms with Crippen LogP contribution in [-0.2, 0) is 11.8 Å². The van der Waals surface area contributed by atoms with Crippen molar-refractivity contribution < 1.29 is 14.7 Å². The predicted octanol–water partition coefficient (Wildman–Crippen LogP) is 1.07. The van der Waals surface area contributed by atoms with Crippen LogP contribution in [0.15, 0.2) is 30.6 Å². The van der Waals surface area contributed by atoms with Crippen molar-refractivity contribution in [2.75, 3.05) is 5.32 Å². The fraction of sp³-hybridized carbons (Fsp3) is 0.214. The van der Waals surface area contributed by atoms with E-state index in [4.69, 9.17) is 10.8 Å². The van der Waals surface area contributed by atoms with Gasteiger partial charge in [0.25, 0.3) is 0 Å². The minimum Gasteiger partial charge on any atom is -0.478 e. The highest BCUT2D eigenvalue weighted by Crippen LogP contribution is 2.19. The van der Waals surface area contributed by atoms with E-state index in [1.807, 2.05) is 0 Å². The van der Waals surface area contributed by atoms with Crippen molar-refractivity contribution >= 4 is 17.6 Å². The van der Waals surface area contributed by atoms with Crippen LogP contribution in [0.1, 0.15) is 27.5 Å². The Morgan fingerprint density at radius 1 is 1.43 bits per heavy atom. The van der Waals surface area contributed by atoms with E-state index < -0.39 is 12.0 Å². The lowest BCUT2D eigenvalue weighted by molar-refractivity contribution is -0.117. The summed E-state index contributed by atoms with van der Waals surface area (Å²) >= 11 is 0. The molecule has 1 heterocycles. The summed E-state index contributed by atoms with van der Waals surface area (Å²) in [6.45, 7) is 1.72. The van der Waals surface area contributed by atoms with Gasteiger partial charge < -0.3 is 16.2 Å². The predicted molar refractivity (Wildman–Crippen MR) is 76.9 cm³/mol. The molecule has 1 unspecified atom stereocenters. The van der Waals surface area contributed by atoms with E-state index in [1.54, 1.807) is 30.9 Å². The number of aromatic carboxylic acids is 1. The Hall–Kier alpha value is -2.67. The molecule has 0 bridgehead atoms. The monoisotopic (exact) mass is 288 g/mol. The topological polar surface area (TPSA) is 110 Å². The first-order valence-electron chi connectivity index (χ1n) is 6.27. The van der Waals surface area contributed by atoms with Crippen molar-refractivity contribution in [2.45, 2.75) is 13.0 Å². The molecule has 1 aromatic carbocycles. The molecule has 0 aliphatic carbocycles. The smallest absolute Gasteiger partial charge is 0.335 e. The van der Waals surface area contributed by atoms with Crippen LogP contribution in [0.4, 0.5) is 5.69 Å². The largest absolute Gasteiger partial charge is 0.478 e. The molecule has 1 aromatic heterocycles. The molecule has 0 aliphatic rings. The highest BCUT2D eigenvalue weighted by molar-refractivity contribution is 5.96. The first kappa shape index (κ1) is 14.7. The summed E-state index contributed by atoms with van der Waals surface area (Å²) in [7, 11) is 1.74. The number of carboxylic acid groups (broad SMARTS) is 1. The molecule has 0 spiro atoms. The van der Waals surface area contributed by atoms with E-state index >= 15 is 0 Å². The standard InChI is InChI=1S/C14H16N4O3/c1-8-5-9(14(20)21)3-4-11(8)17-13(19)12(15)10-6-16-18(2)7-10/h3-7,12H,15H2,1-2H3,(H,17,19)(H,20,21). The molecule has 1 atom stereocenters. The molecule has 7 nitrogen and oxygen atoms in total. The number of aryl methyl sites for hydroxylation is 2. The first-order chi connectivity index (χ1) is 9.88. The van der Waals surface area contributed by atoms with Crippen molar-refractivity contribution in [3.63, 3.8) is 0 Å². The second kappa shape index (κ2) is 5.76. The fourth-order valence-electron chi connectivity index (χ4n) is 1.90. The Balaban J connectivity index is 2.14. The van der Waals surface area contributed by atoms with Crippen LogP contribution in [0.25, 0.3) is 0 Å². The van der Waals surface area contributed by atoms with Gasteiger partial charge >= 0.3 is 5.97 Å². The summed E-state index contributed by atoms with van der Waals surface area (Å²) in [6.07, 6.45) is 3.20. The molecule has 21 heavy (non-hydrogen) atoms. The summed E-state index contributed by atoms with van der Waals surface area (Å²) < 4.78 is 1.56. The molecule has 110 valence electrons. The van der Waals surface area contributed by atoms with Crippen LogP contribution in [0, 0.1) is 6.92 Å². The van der Waals surface area contributed by atoms with Crippen molar-refractivity contribution in [2.24, 2.45) is 12.8 Å². The lowest BCUT2D eigenvalue weighted by Gasteiger charge is -2.13. The SMILES string of the molecule is Cc1cc(C(=O)O)ccc1NC(=O)C(N)c1cnn(C)c1. The van der Waals surface area contributed by atoms with Crippen molar-refractivity contribution in [3.05, 3.63) is 47.3 Å². The average Bonchev–Trinajstić information content (AvgIpc) is 2.86. The molecule has 0 saturated heterocycles. The van der Waals surface area contributed by atoms with Gasteiger partial charge in [0.05, 0.1) is 11.8 Å². The van der Waals surface area contributed by atoms with E-state index in [2.05, 4.69) is 10.4 Å². The van der Waals surface area contributed by atoms with Gasteiger partial charge in [-0.25, -0.2) is 4.79 Å². The number of amides is 1. The Labute approximate surface area is 121 Å². The van der Waals surface area contributed by atoms with Crippen molar-refractivity contribution in [1.29, 1.82) is 0 Å². The van der Waals surface area contributed by atoms with E-state index in [0.717, 1.165) is 0 Å². The maximum atomic E-state index is 12.1. The number of nitrogens with one attached hydrogen (secondary N) is 1. The van der Waals surface area contributed by atoms with Crippen molar-refractivity contribution in [1.82, 2.24) is 9.78 Å². The Morgan fingerprint density at radius 2 is 2.14 bits per heavy atom. The minimum absolute atomic E-state index is 0.169. The van der Waals surface area contributed by atoms with Crippen molar-refractivity contribution in [3.8, 4) is 0 Å². The fourth-order valence-corrected chi connectivity index (χ4v) is 1.90. The van der Waals surface area contributed by atoms with Crippen LogP contribution in [-0.4, -0.2) is 26.8 Å². The highest BCUT2D eigenvalue weighted by atomic mass is 16.4. The molecule has 7 heteroatoms. The molecular weight excluding hydrogens is 272 g/mol. The summed E-state index contributed by atoms with van der Waals surface area (Å²) in [5, 5.41) is 15.6. The molecule has 2 aromatic rings. The summed E-state index contributed by atoms with van der Waals surface area (Å²) in [5.74, 6) is -1.39. The van der Waals surface area contributed by atoms with Crippen LogP contribution in [0.5, 0.6) is 0 Å². The quantitative estimate of drug-likeness (QED) is 0.779. The first-order valence-corrected chi connectivity index (χ1v) is 6.27. The molecule has 0 fully saturated rings. The average molecular weight is 288 g/mol. The third-order valence-electron chi connectivity index (χ3n) is 3.10. The van der Waals surface area contributed by atoms with Gasteiger partial charge in [-0.1, -0.05) is 0 Å². The number of hydrogen-bond donors (Lipinski definition) is 3. The molecular formula is C14H16N4O3. The number of benzene rings is 1. The van der Waals surface area contributed by atoms with Gasteiger partial charge in [-0.3, -0.25) is 9.48 Å². The lowest BCUT2D eigenvalue weighted by Crippen LogP contribution is -2.27. The zero-order valence-electron chi connectivity index (χ0n) is 11.7. The number of rotatable bonds is 4. The van der Waals surface area contributed by atoms with Gasteiger partial charge in [-0.05, 0) is 30.7 Å². The molecule has 0 radical (unpaired) electrons. The number of carboxylic acids is 1. The Kier molecular flexibility index (Phi) is 4.04. The van der Waals surface area contributed by atoms with Crippen LogP contribution < -0.4 is 11.1 Å². The summed E-state index contributed by atoms with van der Waals surface area (Å²) in [4.78, 5) is 23.0. The van der Waals surface area contributed by atoms with Gasteiger partial charge in [0.2, 0.25) is 5.91 Å². The zero-order chi connectivity index (χ0) is 15.6. The number of carbonyl (C=O) groups is 2. The second-order valence-electron chi connectivity index (χ2n) is 4.75. The van der Waals surface area contributed by atoms with E-state index in [0.29, 0.717) is 16.8 Å². The van der Waals surface area contributed by atoms with Crippen LogP contribution in [0.2, 0.25) is 0 Å². The number of nitrogens with zero attached hydrogens (tertiary/aromatic N) is 2. The van der Waals surface area contributed by atoms with Crippen LogP contribution >= 0.6 is 0 Å². The molecule has 0 aliphatic heterocycles. The van der Waals surface area contributed by atoms with E-state index in [9.17, 15) is 9.59 Å². The van der Waals surface area contributed by atoms with Crippen LogP contribution in [0.3, 0.4) is 0 Å². The highest BCUT2D eigenvalue weighted by Gasteiger charge is 2.18. The normalized spacial score (nSPS) is 12.0. The molecule has 1 amide bonds. The third-order valence-corrected chi connectivity index (χ3v) is 3.10. The maximum Gasteiger partial charge on any atom is 0.335 e. The summed E-state index contributed by atoms with van der Waals surface area (Å²) in [6, 6.07) is 3.64. The Morgan fingerprint density at radius 3 is 2.67 bits per heavy atom. The number of anilines is 1. The van der Waals surface area contributed by atoms with Gasteiger partial charge in [0.1, 0.15) is 6.04 Å². The molecule has 2 rings (SSSR count). The minimum atomic E-state index is -1.01. The Bertz CT molecular complexity index is 693. The van der Waals surface area contributed by atoms with Gasteiger partial charge in [0, 0.05) is 24.5 Å². The second-order valence-corrected chi connectivity index (χ2v) is 4.75. The number of aromatic nitrogens is 2. The van der Waals surface area contributed by atoms with E-state index in [-0.39, 0.29) is 11.5 Å². The van der Waals surface area contributed by atoms with Gasteiger partial charge in [-0.15, -0.1) is 0 Å². The van der Waals surface area contributed by atoms with E-state index in [1.165, 1.54) is 18.3 Å². The molecule has 4 N–H and O–H groups in total. The maximum absolute atomic E-state index is 12.1. The number of hydrogen-bond acceptors (Lipinski definition) is 4. The molecule has 0 saturated carbocycles. The third kappa shape index (κ3) is 3.26. The lowest BCUT2D eigenvalue weighted by atomic mass is 10.1. The number of nitrogens with two attached hydrogens (primary N) is 1. The zero-order valence-corrected chi connectivity index (χ0v) is 11.7. The van der Waals surface area contributed by atoms with Gasteiger partial charge in [0.15, 0.2) is 0 Å². The van der Waals surface area contributed by atoms with Gasteiger partial charge in [-0.2, -0.15) is 5.10 Å². The summed E-state index contributed by atoms with van der Waals surface area (Å²) in [5.41, 5.74) is 7.83. The number of carbonyl (C=O) groups excluding carboxylic acids is 1.